The molecule has 0 heterocycles. The van der Waals surface area contributed by atoms with Crippen LogP contribution in [-0.2, 0) is 10.1 Å². The maximum atomic E-state index is 9.46. The molecule has 0 aliphatic carbocycles. The van der Waals surface area contributed by atoms with Gasteiger partial charge in [-0.15, -0.1) is 0 Å². The minimum Gasteiger partial charge on any atom is -0.328 e. The monoisotopic (exact) mass is 290 g/mol. The maximum absolute atomic E-state index is 9.46. The molecular weight excluding hydrogens is 271 g/mol. The second-order valence-corrected chi connectivity index (χ2v) is 5.65. The van der Waals surface area contributed by atoms with Gasteiger partial charge in [0.05, 0.1) is 0 Å². The summed E-state index contributed by atoms with van der Waals surface area (Å²) in [5, 5.41) is 0. The molecule has 0 aliphatic heterocycles. The van der Waals surface area contributed by atoms with Gasteiger partial charge in [0, 0.05) is 0 Å². The third-order valence-corrected chi connectivity index (χ3v) is 3.90. The van der Waals surface area contributed by atoms with Crippen LogP contribution in [0.3, 0.4) is 0 Å². The van der Waals surface area contributed by atoms with E-state index in [-0.39, 0.29) is 5.92 Å². The van der Waals surface area contributed by atoms with E-state index in [0.717, 1.165) is 11.1 Å². The number of benzene rings is 2. The fourth-order valence-corrected chi connectivity index (χ4v) is 3.22. The van der Waals surface area contributed by atoms with E-state index in [1.807, 2.05) is 74.5 Å². The molecule has 0 bridgehead atoms. The van der Waals surface area contributed by atoms with Crippen LogP contribution < -0.4 is 0 Å². The highest BCUT2D eigenvalue weighted by atomic mass is 31.2. The Labute approximate surface area is 120 Å². The molecular formula is C16H19O3P. The lowest BCUT2D eigenvalue weighted by atomic mass is 9.78. The summed E-state index contributed by atoms with van der Waals surface area (Å²) in [6.07, 6.45) is 0. The minimum absolute atomic E-state index is 0.0385. The van der Waals surface area contributed by atoms with Gasteiger partial charge in [0.25, 0.3) is 0 Å². The van der Waals surface area contributed by atoms with Gasteiger partial charge in [0.1, 0.15) is 5.60 Å². The molecule has 0 amide bonds. The Hall–Kier alpha value is -1.25. The van der Waals surface area contributed by atoms with Crippen LogP contribution in [0.1, 0.15) is 25.0 Å². The molecule has 2 aromatic rings. The molecule has 0 atom stereocenters. The average Bonchev–Trinajstić information content (AvgIpc) is 2.46. The summed E-state index contributed by atoms with van der Waals surface area (Å²) in [6.45, 7) is 4.03. The van der Waals surface area contributed by atoms with Gasteiger partial charge in [0.15, 0.2) is 0 Å². The molecule has 0 radical (unpaired) electrons. The summed E-state index contributed by atoms with van der Waals surface area (Å²) < 4.78 is 5.65. The molecule has 0 saturated heterocycles. The van der Waals surface area contributed by atoms with Crippen LogP contribution in [0.25, 0.3) is 0 Å². The highest BCUT2D eigenvalue weighted by Crippen LogP contribution is 2.48. The Bertz CT molecular complexity index is 486. The molecule has 2 aromatic carbocycles. The van der Waals surface area contributed by atoms with Crippen molar-refractivity contribution in [2.24, 2.45) is 5.92 Å². The molecule has 0 aliphatic rings. The molecule has 0 saturated carbocycles. The summed E-state index contributed by atoms with van der Waals surface area (Å²) in [7, 11) is -2.47. The van der Waals surface area contributed by atoms with Crippen molar-refractivity contribution in [3.63, 3.8) is 0 Å². The second kappa shape index (κ2) is 6.47. The molecule has 0 unspecified atom stereocenters. The van der Waals surface area contributed by atoms with E-state index >= 15 is 0 Å². The smallest absolute Gasteiger partial charge is 0.328 e. The van der Waals surface area contributed by atoms with Crippen LogP contribution >= 0.6 is 8.60 Å². The Balaban J connectivity index is 2.63. The zero-order valence-corrected chi connectivity index (χ0v) is 12.5. The molecule has 0 fully saturated rings. The van der Waals surface area contributed by atoms with E-state index in [0.29, 0.717) is 0 Å². The van der Waals surface area contributed by atoms with Gasteiger partial charge in [-0.3, -0.25) is 4.52 Å². The maximum Gasteiger partial charge on any atom is 0.328 e. The lowest BCUT2D eigenvalue weighted by Gasteiger charge is -2.38. The fourth-order valence-electron chi connectivity index (χ4n) is 2.54. The third kappa shape index (κ3) is 2.92. The third-order valence-electron chi connectivity index (χ3n) is 3.44. The van der Waals surface area contributed by atoms with Crippen molar-refractivity contribution in [2.75, 3.05) is 0 Å². The Morgan fingerprint density at radius 3 is 1.55 bits per heavy atom. The van der Waals surface area contributed by atoms with Crippen LogP contribution in [-0.4, -0.2) is 9.79 Å². The zero-order chi connectivity index (χ0) is 14.6. The Kier molecular flexibility index (Phi) is 4.90. The van der Waals surface area contributed by atoms with E-state index in [1.54, 1.807) is 0 Å². The normalized spacial score (nSPS) is 12.1. The van der Waals surface area contributed by atoms with Crippen molar-refractivity contribution in [3.8, 4) is 0 Å². The van der Waals surface area contributed by atoms with Crippen molar-refractivity contribution in [1.82, 2.24) is 0 Å². The molecule has 2 rings (SSSR count). The van der Waals surface area contributed by atoms with Crippen molar-refractivity contribution in [2.45, 2.75) is 19.4 Å². The summed E-state index contributed by atoms with van der Waals surface area (Å²) >= 11 is 0. The summed E-state index contributed by atoms with van der Waals surface area (Å²) in [5.74, 6) is 0.0385. The SMILES string of the molecule is CC(C)C(OP(O)O)(c1ccccc1)c1ccccc1. The first-order chi connectivity index (χ1) is 9.57. The summed E-state index contributed by atoms with van der Waals surface area (Å²) in [4.78, 5) is 18.9. The molecule has 0 aromatic heterocycles. The predicted octanol–water partition coefficient (Wildman–Crippen LogP) is 3.81. The Morgan fingerprint density at radius 2 is 1.25 bits per heavy atom. The lowest BCUT2D eigenvalue weighted by molar-refractivity contribution is 0.0458. The lowest BCUT2D eigenvalue weighted by Crippen LogP contribution is -2.35. The van der Waals surface area contributed by atoms with Gasteiger partial charge >= 0.3 is 8.60 Å². The van der Waals surface area contributed by atoms with Gasteiger partial charge in [-0.2, -0.15) is 0 Å². The van der Waals surface area contributed by atoms with Crippen molar-refractivity contribution in [3.05, 3.63) is 71.8 Å². The van der Waals surface area contributed by atoms with Gasteiger partial charge in [-0.05, 0) is 17.0 Å². The van der Waals surface area contributed by atoms with Crippen molar-refractivity contribution in [1.29, 1.82) is 0 Å². The van der Waals surface area contributed by atoms with Crippen LogP contribution in [0.5, 0.6) is 0 Å². The largest absolute Gasteiger partial charge is 0.328 e. The molecule has 20 heavy (non-hydrogen) atoms. The first kappa shape index (κ1) is 15.1. The minimum atomic E-state index is -2.47. The van der Waals surface area contributed by atoms with E-state index in [2.05, 4.69) is 0 Å². The summed E-state index contributed by atoms with van der Waals surface area (Å²) in [5.41, 5.74) is 0.964. The number of hydrogen-bond acceptors (Lipinski definition) is 3. The highest BCUT2D eigenvalue weighted by molar-refractivity contribution is 7.39. The van der Waals surface area contributed by atoms with Gasteiger partial charge in [0.2, 0.25) is 0 Å². The molecule has 0 spiro atoms. The molecule has 4 heteroatoms. The first-order valence-corrected chi connectivity index (χ1v) is 7.72. The molecule has 106 valence electrons. The van der Waals surface area contributed by atoms with Gasteiger partial charge < -0.3 is 9.79 Å². The highest BCUT2D eigenvalue weighted by Gasteiger charge is 2.41. The molecule has 2 N–H and O–H groups in total. The van der Waals surface area contributed by atoms with Crippen LogP contribution in [0.2, 0.25) is 0 Å². The quantitative estimate of drug-likeness (QED) is 0.823. The van der Waals surface area contributed by atoms with Crippen molar-refractivity contribution < 1.29 is 14.3 Å². The van der Waals surface area contributed by atoms with Gasteiger partial charge in [-0.1, -0.05) is 74.5 Å². The van der Waals surface area contributed by atoms with Crippen LogP contribution in [0.4, 0.5) is 0 Å². The number of hydrogen-bond donors (Lipinski definition) is 2. The van der Waals surface area contributed by atoms with Crippen LogP contribution in [0, 0.1) is 5.92 Å². The van der Waals surface area contributed by atoms with E-state index < -0.39 is 14.2 Å². The second-order valence-electron chi connectivity index (χ2n) is 4.97. The Morgan fingerprint density at radius 1 is 0.850 bits per heavy atom. The van der Waals surface area contributed by atoms with E-state index in [1.165, 1.54) is 0 Å². The van der Waals surface area contributed by atoms with E-state index in [4.69, 9.17) is 4.52 Å². The van der Waals surface area contributed by atoms with Crippen molar-refractivity contribution >= 4 is 8.60 Å². The topological polar surface area (TPSA) is 49.7 Å². The average molecular weight is 290 g/mol. The fraction of sp³-hybridized carbons (Fsp3) is 0.250. The van der Waals surface area contributed by atoms with Gasteiger partial charge in [-0.25, -0.2) is 0 Å². The first-order valence-electron chi connectivity index (χ1n) is 6.55. The molecule has 3 nitrogen and oxygen atoms in total. The standard InChI is InChI=1S/C16H19O3P/c1-13(2)16(19-20(17)18,14-9-5-3-6-10-14)15-11-7-4-8-12-15/h3-13,17-18H,1-2H3. The summed E-state index contributed by atoms with van der Waals surface area (Å²) in [6, 6.07) is 19.4. The number of rotatable bonds is 5. The van der Waals surface area contributed by atoms with E-state index in [9.17, 15) is 9.79 Å². The van der Waals surface area contributed by atoms with Crippen LogP contribution in [0.15, 0.2) is 60.7 Å². The zero-order valence-electron chi connectivity index (χ0n) is 11.6. The predicted molar refractivity (Wildman–Crippen MR) is 80.9 cm³/mol.